The number of carbonyl (C=O) groups is 4. The number of fused-ring (bicyclic) bond motifs is 1. The summed E-state index contributed by atoms with van der Waals surface area (Å²) in [7, 11) is 0. The number of amides is 1. The predicted molar refractivity (Wildman–Crippen MR) is 130 cm³/mol. The molecular formula is C28H22N2O7. The fraction of sp³-hybridized carbons (Fsp3) is 0.179. The topological polar surface area (TPSA) is 156 Å². The normalized spacial score (nSPS) is 14.2. The SMILES string of the molecule is N#Cc1cccc(CN(C(=O)c2cc(C(=O)O)c(C(=O)O)cc2C(=O)O)[C@H]2CCCc3ccccc32)c1. The van der Waals surface area contributed by atoms with Gasteiger partial charge in [0.15, 0.2) is 0 Å². The Bertz CT molecular complexity index is 1470. The highest BCUT2D eigenvalue weighted by molar-refractivity contribution is 6.10. The highest BCUT2D eigenvalue weighted by Crippen LogP contribution is 2.36. The van der Waals surface area contributed by atoms with Crippen molar-refractivity contribution in [3.05, 3.63) is 105 Å². The number of aryl methyl sites for hydroxylation is 1. The van der Waals surface area contributed by atoms with E-state index in [4.69, 9.17) is 0 Å². The van der Waals surface area contributed by atoms with Gasteiger partial charge < -0.3 is 20.2 Å². The molecule has 0 saturated carbocycles. The lowest BCUT2D eigenvalue weighted by molar-refractivity contribution is 0.0611. The van der Waals surface area contributed by atoms with Gasteiger partial charge in [0, 0.05) is 6.54 Å². The molecule has 4 rings (SSSR count). The van der Waals surface area contributed by atoms with Crippen molar-refractivity contribution in [2.24, 2.45) is 0 Å². The van der Waals surface area contributed by atoms with E-state index in [0.717, 1.165) is 30.0 Å². The average molecular weight is 498 g/mol. The zero-order chi connectivity index (χ0) is 26.7. The Morgan fingerprint density at radius 1 is 0.838 bits per heavy atom. The van der Waals surface area contributed by atoms with Crippen molar-refractivity contribution < 1.29 is 34.5 Å². The molecule has 0 saturated heterocycles. The molecule has 0 aliphatic heterocycles. The highest BCUT2D eigenvalue weighted by atomic mass is 16.4. The second-order valence-corrected chi connectivity index (χ2v) is 8.71. The number of rotatable bonds is 7. The first-order chi connectivity index (χ1) is 17.7. The number of carboxylic acids is 3. The molecular weight excluding hydrogens is 476 g/mol. The maximum atomic E-state index is 14.1. The van der Waals surface area contributed by atoms with Crippen LogP contribution >= 0.6 is 0 Å². The zero-order valence-corrected chi connectivity index (χ0v) is 19.5. The fourth-order valence-electron chi connectivity index (χ4n) is 4.77. The Balaban J connectivity index is 1.90. The molecule has 9 heteroatoms. The first-order valence-corrected chi connectivity index (χ1v) is 11.5. The number of nitrogens with zero attached hydrogens (tertiary/aromatic N) is 2. The number of hydrogen-bond donors (Lipinski definition) is 3. The summed E-state index contributed by atoms with van der Waals surface area (Å²) < 4.78 is 0. The summed E-state index contributed by atoms with van der Waals surface area (Å²) in [6.45, 7) is 0.0233. The summed E-state index contributed by atoms with van der Waals surface area (Å²) in [5.74, 6) is -5.52. The van der Waals surface area contributed by atoms with Gasteiger partial charge in [0.2, 0.25) is 0 Å². The lowest BCUT2D eigenvalue weighted by Crippen LogP contribution is -2.37. The van der Waals surface area contributed by atoms with Gasteiger partial charge in [0.05, 0.1) is 39.9 Å². The van der Waals surface area contributed by atoms with Crippen LogP contribution in [-0.2, 0) is 13.0 Å². The Kier molecular flexibility index (Phi) is 7.02. The van der Waals surface area contributed by atoms with Crippen LogP contribution in [0.25, 0.3) is 0 Å². The van der Waals surface area contributed by atoms with Gasteiger partial charge in [-0.1, -0.05) is 36.4 Å². The molecule has 0 heterocycles. The number of aromatic carboxylic acids is 3. The molecule has 0 radical (unpaired) electrons. The molecule has 0 fully saturated rings. The van der Waals surface area contributed by atoms with E-state index in [1.165, 1.54) is 4.90 Å². The van der Waals surface area contributed by atoms with E-state index < -0.39 is 52.1 Å². The van der Waals surface area contributed by atoms with Crippen LogP contribution in [0, 0.1) is 11.3 Å². The fourth-order valence-corrected chi connectivity index (χ4v) is 4.77. The van der Waals surface area contributed by atoms with E-state index in [-0.39, 0.29) is 6.54 Å². The van der Waals surface area contributed by atoms with Gasteiger partial charge in [-0.3, -0.25) is 4.79 Å². The Morgan fingerprint density at radius 2 is 1.46 bits per heavy atom. The van der Waals surface area contributed by atoms with Gasteiger partial charge in [-0.2, -0.15) is 5.26 Å². The standard InChI is InChI=1S/C28H22N2O7/c29-14-16-5-3-6-17(11-16)15-30(24-10-4-8-18-7-1-2-9-19(18)24)25(31)20-12-22(27(34)35)23(28(36)37)13-21(20)26(32)33/h1-3,5-7,9,11-13,24H,4,8,10,15H2,(H,32,33)(H,34,35)(H,36,37)/t24-/m0/s1. The smallest absolute Gasteiger partial charge is 0.336 e. The van der Waals surface area contributed by atoms with Crippen LogP contribution < -0.4 is 0 Å². The minimum atomic E-state index is -1.62. The number of hydrogen-bond acceptors (Lipinski definition) is 5. The number of nitriles is 1. The van der Waals surface area contributed by atoms with Crippen LogP contribution in [0.5, 0.6) is 0 Å². The third-order valence-corrected chi connectivity index (χ3v) is 6.46. The third-order valence-electron chi connectivity index (χ3n) is 6.46. The lowest BCUT2D eigenvalue weighted by atomic mass is 9.86. The largest absolute Gasteiger partial charge is 0.478 e. The number of carboxylic acid groups (broad SMARTS) is 3. The van der Waals surface area contributed by atoms with E-state index in [9.17, 15) is 39.8 Å². The molecule has 1 amide bonds. The second kappa shape index (κ2) is 10.3. The minimum Gasteiger partial charge on any atom is -0.478 e. The second-order valence-electron chi connectivity index (χ2n) is 8.71. The molecule has 37 heavy (non-hydrogen) atoms. The van der Waals surface area contributed by atoms with E-state index >= 15 is 0 Å². The molecule has 0 bridgehead atoms. The molecule has 3 aromatic carbocycles. The van der Waals surface area contributed by atoms with Crippen LogP contribution in [0.15, 0.2) is 60.7 Å². The van der Waals surface area contributed by atoms with Crippen LogP contribution in [-0.4, -0.2) is 44.0 Å². The van der Waals surface area contributed by atoms with Crippen molar-refractivity contribution in [2.45, 2.75) is 31.8 Å². The summed E-state index contributed by atoms with van der Waals surface area (Å²) in [5, 5.41) is 38.2. The van der Waals surface area contributed by atoms with Gasteiger partial charge in [-0.15, -0.1) is 0 Å². The zero-order valence-electron chi connectivity index (χ0n) is 19.5. The Hall–Kier alpha value is -4.97. The molecule has 0 spiro atoms. The number of benzene rings is 3. The molecule has 186 valence electrons. The van der Waals surface area contributed by atoms with E-state index in [0.29, 0.717) is 23.6 Å². The summed E-state index contributed by atoms with van der Waals surface area (Å²) >= 11 is 0. The summed E-state index contributed by atoms with van der Waals surface area (Å²) in [5.41, 5.74) is 0.534. The van der Waals surface area contributed by atoms with E-state index in [2.05, 4.69) is 6.07 Å². The average Bonchev–Trinajstić information content (AvgIpc) is 2.90. The molecule has 1 aliphatic rings. The summed E-state index contributed by atoms with van der Waals surface area (Å²) in [4.78, 5) is 51.0. The molecule has 0 aromatic heterocycles. The van der Waals surface area contributed by atoms with Crippen molar-refractivity contribution in [1.29, 1.82) is 5.26 Å². The van der Waals surface area contributed by atoms with E-state index in [1.54, 1.807) is 24.3 Å². The maximum absolute atomic E-state index is 14.1. The first kappa shape index (κ1) is 25.1. The lowest BCUT2D eigenvalue weighted by Gasteiger charge is -2.36. The van der Waals surface area contributed by atoms with Gasteiger partial charge >= 0.3 is 17.9 Å². The van der Waals surface area contributed by atoms with Gasteiger partial charge in [-0.05, 0) is 60.2 Å². The van der Waals surface area contributed by atoms with Crippen LogP contribution in [0.1, 0.15) is 82.6 Å². The minimum absolute atomic E-state index is 0.0233. The molecule has 3 aromatic rings. The Morgan fingerprint density at radius 3 is 2.11 bits per heavy atom. The quantitative estimate of drug-likeness (QED) is 0.433. The monoisotopic (exact) mass is 498 g/mol. The van der Waals surface area contributed by atoms with Crippen LogP contribution in [0.2, 0.25) is 0 Å². The molecule has 9 nitrogen and oxygen atoms in total. The van der Waals surface area contributed by atoms with Crippen molar-refractivity contribution in [2.75, 3.05) is 0 Å². The third kappa shape index (κ3) is 5.04. The molecule has 1 aliphatic carbocycles. The van der Waals surface area contributed by atoms with Crippen molar-refractivity contribution in [1.82, 2.24) is 4.90 Å². The highest BCUT2D eigenvalue weighted by Gasteiger charge is 2.33. The summed E-state index contributed by atoms with van der Waals surface area (Å²) in [6, 6.07) is 17.4. The molecule has 3 N–H and O–H groups in total. The van der Waals surface area contributed by atoms with Crippen molar-refractivity contribution in [3.8, 4) is 6.07 Å². The summed E-state index contributed by atoms with van der Waals surface area (Å²) in [6.07, 6.45) is 2.17. The number of carbonyl (C=O) groups excluding carboxylic acids is 1. The Labute approximate surface area is 211 Å². The van der Waals surface area contributed by atoms with Crippen LogP contribution in [0.4, 0.5) is 0 Å². The van der Waals surface area contributed by atoms with E-state index in [1.807, 2.05) is 24.3 Å². The molecule has 0 unspecified atom stereocenters. The van der Waals surface area contributed by atoms with Gasteiger partial charge in [0.25, 0.3) is 5.91 Å². The van der Waals surface area contributed by atoms with Crippen LogP contribution in [0.3, 0.4) is 0 Å². The van der Waals surface area contributed by atoms with Gasteiger partial charge in [0.1, 0.15) is 0 Å². The predicted octanol–water partition coefficient (Wildman–Crippen LogP) is 4.37. The maximum Gasteiger partial charge on any atom is 0.336 e. The van der Waals surface area contributed by atoms with Crippen molar-refractivity contribution in [3.63, 3.8) is 0 Å². The van der Waals surface area contributed by atoms with Crippen molar-refractivity contribution >= 4 is 23.8 Å². The first-order valence-electron chi connectivity index (χ1n) is 11.5. The van der Waals surface area contributed by atoms with Gasteiger partial charge in [-0.25, -0.2) is 14.4 Å². The molecule has 1 atom stereocenters.